The van der Waals surface area contributed by atoms with Crippen LogP contribution in [0.5, 0.6) is 5.75 Å². The van der Waals surface area contributed by atoms with E-state index in [-0.39, 0.29) is 11.7 Å². The number of hydrogen-bond acceptors (Lipinski definition) is 3. The molecule has 5 nitrogen and oxygen atoms in total. The number of rotatable bonds is 5. The highest BCUT2D eigenvalue weighted by Crippen LogP contribution is 2.16. The molecular formula is C22H18FN3O2. The number of carbonyl (C=O) groups excluding carboxylic acids is 1. The zero-order chi connectivity index (χ0) is 19.5. The smallest absolute Gasteiger partial charge is 0.255 e. The highest BCUT2D eigenvalue weighted by molar-refractivity contribution is 6.04. The van der Waals surface area contributed by atoms with E-state index < -0.39 is 0 Å². The van der Waals surface area contributed by atoms with Gasteiger partial charge in [-0.3, -0.25) is 4.79 Å². The number of ether oxygens (including phenoxy) is 1. The summed E-state index contributed by atoms with van der Waals surface area (Å²) in [5.41, 5.74) is 3.88. The van der Waals surface area contributed by atoms with Gasteiger partial charge in [-0.2, -0.15) is 0 Å². The zero-order valence-corrected chi connectivity index (χ0v) is 15.2. The largest absolute Gasteiger partial charge is 0.487 e. The first-order valence-corrected chi connectivity index (χ1v) is 8.81. The van der Waals surface area contributed by atoms with E-state index in [0.717, 1.165) is 16.9 Å². The van der Waals surface area contributed by atoms with Crippen LogP contribution in [0.3, 0.4) is 0 Å². The molecule has 0 bridgehead atoms. The normalized spacial score (nSPS) is 10.8. The molecule has 0 unspecified atom stereocenters. The van der Waals surface area contributed by atoms with Crippen LogP contribution in [0.1, 0.15) is 21.6 Å². The lowest BCUT2D eigenvalue weighted by Gasteiger charge is -2.07. The summed E-state index contributed by atoms with van der Waals surface area (Å²) in [5.74, 6) is 0.0284. The van der Waals surface area contributed by atoms with Gasteiger partial charge in [-0.05, 0) is 67.1 Å². The molecule has 4 aromatic rings. The van der Waals surface area contributed by atoms with Crippen molar-refractivity contribution in [2.75, 3.05) is 5.32 Å². The molecule has 2 aromatic heterocycles. The Balaban J connectivity index is 1.38. The third-order valence-corrected chi connectivity index (χ3v) is 4.25. The molecule has 1 amide bonds. The number of aromatic nitrogens is 2. The first-order valence-electron chi connectivity index (χ1n) is 8.81. The van der Waals surface area contributed by atoms with E-state index in [0.29, 0.717) is 23.6 Å². The predicted octanol–water partition coefficient (Wildman–Crippen LogP) is 4.61. The summed E-state index contributed by atoms with van der Waals surface area (Å²) in [4.78, 5) is 16.8. The number of benzene rings is 2. The Morgan fingerprint density at radius 3 is 2.54 bits per heavy atom. The van der Waals surface area contributed by atoms with Crippen molar-refractivity contribution in [3.63, 3.8) is 0 Å². The number of anilines is 1. The van der Waals surface area contributed by atoms with Crippen LogP contribution < -0.4 is 10.1 Å². The maximum Gasteiger partial charge on any atom is 0.255 e. The molecule has 6 heteroatoms. The number of imidazole rings is 1. The Hall–Kier alpha value is -3.67. The molecule has 28 heavy (non-hydrogen) atoms. The van der Waals surface area contributed by atoms with Gasteiger partial charge in [-0.1, -0.05) is 6.07 Å². The molecule has 1 N–H and O–H groups in total. The zero-order valence-electron chi connectivity index (χ0n) is 15.2. The lowest BCUT2D eigenvalue weighted by atomic mass is 10.2. The second kappa shape index (κ2) is 7.52. The first-order chi connectivity index (χ1) is 13.6. The fourth-order valence-corrected chi connectivity index (χ4v) is 2.82. The van der Waals surface area contributed by atoms with E-state index in [1.165, 1.54) is 24.3 Å². The second-order valence-electron chi connectivity index (χ2n) is 6.48. The van der Waals surface area contributed by atoms with Crippen molar-refractivity contribution < 1.29 is 13.9 Å². The van der Waals surface area contributed by atoms with Crippen molar-refractivity contribution in [2.24, 2.45) is 0 Å². The van der Waals surface area contributed by atoms with Crippen LogP contribution in [0.25, 0.3) is 5.65 Å². The second-order valence-corrected chi connectivity index (χ2v) is 6.48. The van der Waals surface area contributed by atoms with E-state index in [1.54, 1.807) is 24.3 Å². The number of nitrogens with zero attached hydrogens (tertiary/aromatic N) is 2. The quantitative estimate of drug-likeness (QED) is 0.554. The van der Waals surface area contributed by atoms with Gasteiger partial charge in [0, 0.05) is 23.6 Å². The molecule has 0 aliphatic carbocycles. The van der Waals surface area contributed by atoms with Gasteiger partial charge in [0.25, 0.3) is 5.91 Å². The van der Waals surface area contributed by atoms with Gasteiger partial charge in [-0.15, -0.1) is 0 Å². The van der Waals surface area contributed by atoms with Gasteiger partial charge in [0.1, 0.15) is 23.8 Å². The van der Waals surface area contributed by atoms with Crippen LogP contribution in [-0.2, 0) is 6.61 Å². The molecule has 2 heterocycles. The third-order valence-electron chi connectivity index (χ3n) is 4.25. The average Bonchev–Trinajstić information content (AvgIpc) is 3.10. The molecular weight excluding hydrogens is 357 g/mol. The van der Waals surface area contributed by atoms with Gasteiger partial charge in [0.15, 0.2) is 0 Å². The Morgan fingerprint density at radius 2 is 1.79 bits per heavy atom. The molecule has 0 atom stereocenters. The number of aryl methyl sites for hydroxylation is 1. The summed E-state index contributed by atoms with van der Waals surface area (Å²) >= 11 is 0. The first kappa shape index (κ1) is 17.7. The molecule has 0 radical (unpaired) electrons. The van der Waals surface area contributed by atoms with Gasteiger partial charge in [0.05, 0.1) is 5.69 Å². The maximum atomic E-state index is 12.9. The minimum Gasteiger partial charge on any atom is -0.487 e. The molecule has 0 saturated heterocycles. The minimum absolute atomic E-state index is 0.270. The average molecular weight is 375 g/mol. The van der Waals surface area contributed by atoms with Crippen LogP contribution in [0.4, 0.5) is 10.1 Å². The summed E-state index contributed by atoms with van der Waals surface area (Å²) in [7, 11) is 0. The molecule has 0 fully saturated rings. The number of hydrogen-bond donors (Lipinski definition) is 1. The molecule has 0 aliphatic rings. The SMILES string of the molecule is Cc1ccc2nc(COc3ccc(C(=O)Nc4ccc(F)cc4)cc3)cn2c1. The maximum absolute atomic E-state index is 12.9. The number of nitrogens with one attached hydrogen (secondary N) is 1. The van der Waals surface area contributed by atoms with Crippen molar-refractivity contribution in [1.29, 1.82) is 0 Å². The Morgan fingerprint density at radius 1 is 1.04 bits per heavy atom. The summed E-state index contributed by atoms with van der Waals surface area (Å²) in [6.45, 7) is 2.37. The number of fused-ring (bicyclic) bond motifs is 1. The van der Waals surface area contributed by atoms with Crippen molar-refractivity contribution in [3.8, 4) is 5.75 Å². The van der Waals surface area contributed by atoms with E-state index in [4.69, 9.17) is 4.74 Å². The molecule has 0 saturated carbocycles. The van der Waals surface area contributed by atoms with Gasteiger partial charge in [0.2, 0.25) is 0 Å². The Bertz CT molecular complexity index is 1120. The van der Waals surface area contributed by atoms with Crippen LogP contribution in [0.2, 0.25) is 0 Å². The standard InChI is InChI=1S/C22H18FN3O2/c1-15-2-11-21-24-19(13-26(21)12-15)14-28-20-9-3-16(4-10-20)22(27)25-18-7-5-17(23)6-8-18/h2-13H,14H2,1H3,(H,25,27). The van der Waals surface area contributed by atoms with Crippen LogP contribution >= 0.6 is 0 Å². The topological polar surface area (TPSA) is 55.6 Å². The van der Waals surface area contributed by atoms with E-state index in [1.807, 2.05) is 35.9 Å². The van der Waals surface area contributed by atoms with Crippen LogP contribution in [0.15, 0.2) is 73.1 Å². The number of carbonyl (C=O) groups is 1. The van der Waals surface area contributed by atoms with Crippen molar-refractivity contribution >= 4 is 17.2 Å². The molecule has 0 aliphatic heterocycles. The molecule has 2 aromatic carbocycles. The van der Waals surface area contributed by atoms with E-state index in [9.17, 15) is 9.18 Å². The van der Waals surface area contributed by atoms with Gasteiger partial charge in [-0.25, -0.2) is 9.37 Å². The van der Waals surface area contributed by atoms with E-state index in [2.05, 4.69) is 10.3 Å². The summed E-state index contributed by atoms with van der Waals surface area (Å²) in [5, 5.41) is 2.72. The van der Waals surface area contributed by atoms with E-state index >= 15 is 0 Å². The number of pyridine rings is 1. The Labute approximate surface area is 161 Å². The van der Waals surface area contributed by atoms with Crippen molar-refractivity contribution in [2.45, 2.75) is 13.5 Å². The number of amides is 1. The van der Waals surface area contributed by atoms with Crippen LogP contribution in [0, 0.1) is 12.7 Å². The highest BCUT2D eigenvalue weighted by atomic mass is 19.1. The molecule has 0 spiro atoms. The monoisotopic (exact) mass is 375 g/mol. The summed E-state index contributed by atoms with van der Waals surface area (Å²) in [6.07, 6.45) is 3.95. The van der Waals surface area contributed by atoms with Gasteiger partial charge >= 0.3 is 0 Å². The summed E-state index contributed by atoms with van der Waals surface area (Å²) < 4.78 is 20.7. The molecule has 140 valence electrons. The lowest BCUT2D eigenvalue weighted by Crippen LogP contribution is -2.11. The third kappa shape index (κ3) is 4.01. The number of halogens is 1. The van der Waals surface area contributed by atoms with Crippen LogP contribution in [-0.4, -0.2) is 15.3 Å². The van der Waals surface area contributed by atoms with Crippen molar-refractivity contribution in [3.05, 3.63) is 95.7 Å². The fraction of sp³-hybridized carbons (Fsp3) is 0.0909. The predicted molar refractivity (Wildman–Crippen MR) is 105 cm³/mol. The highest BCUT2D eigenvalue weighted by Gasteiger charge is 2.07. The Kier molecular flexibility index (Phi) is 4.76. The van der Waals surface area contributed by atoms with Gasteiger partial charge < -0.3 is 14.5 Å². The van der Waals surface area contributed by atoms with Crippen molar-refractivity contribution in [1.82, 2.24) is 9.38 Å². The summed E-state index contributed by atoms with van der Waals surface area (Å²) in [6, 6.07) is 16.4. The minimum atomic E-state index is -0.347. The molecule has 4 rings (SSSR count). The lowest BCUT2D eigenvalue weighted by molar-refractivity contribution is 0.102. The fourth-order valence-electron chi connectivity index (χ4n) is 2.82.